The number of nitrogens with zero attached hydrogens (tertiary/aromatic N) is 2. The van der Waals surface area contributed by atoms with Crippen LogP contribution in [0.1, 0.15) is 19.8 Å². The van der Waals surface area contributed by atoms with E-state index in [1.54, 1.807) is 11.3 Å². The summed E-state index contributed by atoms with van der Waals surface area (Å²) < 4.78 is 1.27. The first kappa shape index (κ1) is 13.1. The molecule has 0 amide bonds. The van der Waals surface area contributed by atoms with Crippen molar-refractivity contribution in [3.8, 4) is 10.7 Å². The second kappa shape index (κ2) is 6.01. The molecule has 0 aliphatic carbocycles. The van der Waals surface area contributed by atoms with Gasteiger partial charge >= 0.3 is 0 Å². The Morgan fingerprint density at radius 3 is 2.95 bits per heavy atom. The first-order chi connectivity index (χ1) is 9.86. The maximum absolute atomic E-state index is 4.60. The molecule has 0 bridgehead atoms. The van der Waals surface area contributed by atoms with Crippen molar-refractivity contribution >= 4 is 27.2 Å². The van der Waals surface area contributed by atoms with Crippen molar-refractivity contribution in [3.63, 3.8) is 0 Å². The van der Waals surface area contributed by atoms with E-state index in [2.05, 4.69) is 52.5 Å². The van der Waals surface area contributed by atoms with Crippen molar-refractivity contribution in [2.75, 3.05) is 11.9 Å². The minimum atomic E-state index is 0.799. The minimum absolute atomic E-state index is 0.799. The molecule has 3 nitrogen and oxygen atoms in total. The van der Waals surface area contributed by atoms with Crippen LogP contribution in [0.3, 0.4) is 0 Å². The number of aromatic nitrogens is 2. The van der Waals surface area contributed by atoms with E-state index in [0.29, 0.717) is 0 Å². The Hall–Kier alpha value is -1.94. The third kappa shape index (κ3) is 2.80. The van der Waals surface area contributed by atoms with Crippen LogP contribution < -0.4 is 5.32 Å². The Balaban J connectivity index is 1.87. The lowest BCUT2D eigenvalue weighted by Crippen LogP contribution is -2.03. The molecule has 2 heterocycles. The van der Waals surface area contributed by atoms with Gasteiger partial charge in [-0.25, -0.2) is 9.97 Å². The number of hydrogen-bond acceptors (Lipinski definition) is 4. The lowest BCUT2D eigenvalue weighted by Gasteiger charge is -2.04. The van der Waals surface area contributed by atoms with Crippen molar-refractivity contribution in [1.82, 2.24) is 9.97 Å². The van der Waals surface area contributed by atoms with Crippen LogP contribution in [0.15, 0.2) is 42.6 Å². The minimum Gasteiger partial charge on any atom is -0.370 e. The van der Waals surface area contributed by atoms with Gasteiger partial charge in [-0.1, -0.05) is 31.5 Å². The molecule has 0 aliphatic rings. The van der Waals surface area contributed by atoms with Gasteiger partial charge in [-0.05, 0) is 30.0 Å². The Morgan fingerprint density at radius 1 is 1.20 bits per heavy atom. The highest BCUT2D eigenvalue weighted by Crippen LogP contribution is 2.31. The van der Waals surface area contributed by atoms with E-state index in [-0.39, 0.29) is 0 Å². The zero-order chi connectivity index (χ0) is 13.8. The number of fused-ring (bicyclic) bond motifs is 1. The van der Waals surface area contributed by atoms with Crippen LogP contribution in [0.2, 0.25) is 0 Å². The summed E-state index contributed by atoms with van der Waals surface area (Å²) in [5.41, 5.74) is 0. The molecule has 1 aromatic carbocycles. The number of hydrogen-bond donors (Lipinski definition) is 1. The van der Waals surface area contributed by atoms with E-state index in [1.165, 1.54) is 16.5 Å². The van der Waals surface area contributed by atoms with Crippen LogP contribution in [0, 0.1) is 0 Å². The van der Waals surface area contributed by atoms with Crippen LogP contribution in [-0.2, 0) is 0 Å². The summed E-state index contributed by atoms with van der Waals surface area (Å²) >= 11 is 1.73. The largest absolute Gasteiger partial charge is 0.370 e. The van der Waals surface area contributed by atoms with Crippen molar-refractivity contribution in [2.45, 2.75) is 19.8 Å². The van der Waals surface area contributed by atoms with Crippen LogP contribution in [-0.4, -0.2) is 16.5 Å². The van der Waals surface area contributed by atoms with Crippen molar-refractivity contribution in [1.29, 1.82) is 0 Å². The van der Waals surface area contributed by atoms with E-state index in [1.807, 2.05) is 12.3 Å². The maximum Gasteiger partial charge on any atom is 0.171 e. The lowest BCUT2D eigenvalue weighted by molar-refractivity contribution is 0.830. The van der Waals surface area contributed by atoms with Crippen molar-refractivity contribution < 1.29 is 0 Å². The monoisotopic (exact) mass is 283 g/mol. The van der Waals surface area contributed by atoms with Crippen LogP contribution in [0.4, 0.5) is 5.82 Å². The topological polar surface area (TPSA) is 37.8 Å². The number of rotatable bonds is 5. The molecule has 0 atom stereocenters. The summed E-state index contributed by atoms with van der Waals surface area (Å²) in [5, 5.41) is 4.59. The fourth-order valence-electron chi connectivity index (χ4n) is 2.06. The van der Waals surface area contributed by atoms with Crippen molar-refractivity contribution in [2.24, 2.45) is 0 Å². The van der Waals surface area contributed by atoms with Gasteiger partial charge in [0.05, 0.1) is 4.88 Å². The van der Waals surface area contributed by atoms with Gasteiger partial charge in [0.1, 0.15) is 5.82 Å². The molecule has 20 heavy (non-hydrogen) atoms. The highest BCUT2D eigenvalue weighted by molar-refractivity contribution is 7.22. The van der Waals surface area contributed by atoms with Crippen LogP contribution in [0.5, 0.6) is 0 Å². The van der Waals surface area contributed by atoms with Gasteiger partial charge in [0, 0.05) is 17.4 Å². The SMILES string of the molecule is CCCCNc1ccnc(-c2cc3ccccc3s2)n1. The molecule has 1 N–H and O–H groups in total. The fourth-order valence-corrected chi connectivity index (χ4v) is 3.07. The van der Waals surface area contributed by atoms with E-state index >= 15 is 0 Å². The van der Waals surface area contributed by atoms with Gasteiger partial charge in [0.25, 0.3) is 0 Å². The molecule has 0 fully saturated rings. The van der Waals surface area contributed by atoms with E-state index in [9.17, 15) is 0 Å². The Kier molecular flexibility index (Phi) is 3.92. The van der Waals surface area contributed by atoms with Crippen LogP contribution >= 0.6 is 11.3 Å². The molecule has 0 aliphatic heterocycles. The van der Waals surface area contributed by atoms with Crippen LogP contribution in [0.25, 0.3) is 20.8 Å². The fraction of sp³-hybridized carbons (Fsp3) is 0.250. The van der Waals surface area contributed by atoms with Gasteiger partial charge in [-0.2, -0.15) is 0 Å². The second-order valence-electron chi connectivity index (χ2n) is 4.69. The Morgan fingerprint density at radius 2 is 2.10 bits per heavy atom. The number of benzene rings is 1. The molecule has 2 aromatic heterocycles. The average molecular weight is 283 g/mol. The highest BCUT2D eigenvalue weighted by Gasteiger charge is 2.07. The molecule has 3 aromatic rings. The first-order valence-electron chi connectivity index (χ1n) is 6.92. The molecule has 0 saturated carbocycles. The third-order valence-corrected chi connectivity index (χ3v) is 4.25. The smallest absolute Gasteiger partial charge is 0.171 e. The van der Waals surface area contributed by atoms with Gasteiger partial charge in [0.15, 0.2) is 5.82 Å². The van der Waals surface area contributed by atoms with Gasteiger partial charge in [-0.3, -0.25) is 0 Å². The average Bonchev–Trinajstić information content (AvgIpc) is 2.92. The zero-order valence-electron chi connectivity index (χ0n) is 11.5. The highest BCUT2D eigenvalue weighted by atomic mass is 32.1. The second-order valence-corrected chi connectivity index (χ2v) is 5.78. The molecular weight excluding hydrogens is 266 g/mol. The standard InChI is InChI=1S/C16H17N3S/c1-2-3-9-17-15-8-10-18-16(19-15)14-11-12-6-4-5-7-13(12)20-14/h4-8,10-11H,2-3,9H2,1H3,(H,17,18,19). The van der Waals surface area contributed by atoms with E-state index < -0.39 is 0 Å². The maximum atomic E-state index is 4.60. The van der Waals surface area contributed by atoms with Gasteiger partial charge < -0.3 is 5.32 Å². The molecule has 3 rings (SSSR count). The first-order valence-corrected chi connectivity index (χ1v) is 7.74. The molecule has 0 saturated heterocycles. The van der Waals surface area contributed by atoms with E-state index in [0.717, 1.165) is 29.5 Å². The predicted molar refractivity (Wildman–Crippen MR) is 86.2 cm³/mol. The summed E-state index contributed by atoms with van der Waals surface area (Å²) in [6.45, 7) is 3.14. The molecular formula is C16H17N3S. The summed E-state index contributed by atoms with van der Waals surface area (Å²) in [7, 11) is 0. The summed E-state index contributed by atoms with van der Waals surface area (Å²) in [4.78, 5) is 10.1. The lowest BCUT2D eigenvalue weighted by atomic mass is 10.2. The Bertz CT molecular complexity index is 673. The van der Waals surface area contributed by atoms with Gasteiger partial charge in [-0.15, -0.1) is 11.3 Å². The number of nitrogens with one attached hydrogen (secondary N) is 1. The summed E-state index contributed by atoms with van der Waals surface area (Å²) in [5.74, 6) is 1.70. The summed E-state index contributed by atoms with van der Waals surface area (Å²) in [6.07, 6.45) is 4.16. The predicted octanol–water partition coefficient (Wildman–Crippen LogP) is 4.57. The number of unbranched alkanes of at least 4 members (excludes halogenated alkanes) is 1. The molecule has 0 unspecified atom stereocenters. The zero-order valence-corrected chi connectivity index (χ0v) is 12.3. The quantitative estimate of drug-likeness (QED) is 0.697. The molecule has 4 heteroatoms. The molecule has 0 spiro atoms. The van der Waals surface area contributed by atoms with Gasteiger partial charge in [0.2, 0.25) is 0 Å². The Labute approximate surface area is 122 Å². The molecule has 102 valence electrons. The third-order valence-electron chi connectivity index (χ3n) is 3.14. The van der Waals surface area contributed by atoms with Crippen molar-refractivity contribution in [3.05, 3.63) is 42.6 Å². The van der Waals surface area contributed by atoms with E-state index in [4.69, 9.17) is 0 Å². The summed E-state index contributed by atoms with van der Waals surface area (Å²) in [6, 6.07) is 12.5. The molecule has 0 radical (unpaired) electrons. The number of anilines is 1. The number of thiophene rings is 1. The normalized spacial score (nSPS) is 10.8.